The van der Waals surface area contributed by atoms with E-state index >= 15 is 0 Å². The Kier molecular flexibility index (Phi) is 6.25. The Morgan fingerprint density at radius 1 is 1.35 bits per heavy atom. The SMILES string of the molecule is O=[N+]([O-])c1ccc(Br)c(OCCOCCCl)c1. The third-order valence-corrected chi connectivity index (χ3v) is 2.64. The predicted octanol–water partition coefficient (Wildman–Crippen LogP) is 2.99. The number of hydrogen-bond donors (Lipinski definition) is 0. The van der Waals surface area contributed by atoms with E-state index in [9.17, 15) is 10.1 Å². The van der Waals surface area contributed by atoms with Crippen molar-refractivity contribution >= 4 is 33.2 Å². The zero-order valence-corrected chi connectivity index (χ0v) is 11.2. The van der Waals surface area contributed by atoms with Crippen molar-refractivity contribution in [3.63, 3.8) is 0 Å². The Hall–Kier alpha value is -0.850. The molecule has 5 nitrogen and oxygen atoms in total. The lowest BCUT2D eigenvalue weighted by molar-refractivity contribution is -0.385. The third-order valence-electron chi connectivity index (χ3n) is 1.83. The van der Waals surface area contributed by atoms with Gasteiger partial charge in [0.05, 0.1) is 28.7 Å². The number of halogens is 2. The van der Waals surface area contributed by atoms with Crippen molar-refractivity contribution in [1.29, 1.82) is 0 Å². The van der Waals surface area contributed by atoms with Crippen LogP contribution in [0.3, 0.4) is 0 Å². The van der Waals surface area contributed by atoms with Crippen molar-refractivity contribution < 1.29 is 14.4 Å². The highest BCUT2D eigenvalue weighted by molar-refractivity contribution is 9.10. The normalized spacial score (nSPS) is 10.2. The van der Waals surface area contributed by atoms with E-state index in [1.54, 1.807) is 6.07 Å². The fraction of sp³-hybridized carbons (Fsp3) is 0.400. The van der Waals surface area contributed by atoms with Gasteiger partial charge in [-0.2, -0.15) is 0 Å². The van der Waals surface area contributed by atoms with E-state index < -0.39 is 4.92 Å². The standard InChI is InChI=1S/C10H11BrClNO4/c11-9-2-1-8(13(14)15)7-10(9)17-6-5-16-4-3-12/h1-2,7H,3-6H2. The molecule has 0 aliphatic heterocycles. The maximum Gasteiger partial charge on any atom is 0.273 e. The van der Waals surface area contributed by atoms with Crippen molar-refractivity contribution in [2.75, 3.05) is 25.7 Å². The Morgan fingerprint density at radius 2 is 2.12 bits per heavy atom. The zero-order chi connectivity index (χ0) is 12.7. The molecule has 0 aromatic heterocycles. The minimum absolute atomic E-state index is 0.00937. The molecule has 0 aliphatic rings. The van der Waals surface area contributed by atoms with E-state index in [-0.39, 0.29) is 5.69 Å². The molecule has 0 saturated carbocycles. The second kappa shape index (κ2) is 7.47. The van der Waals surface area contributed by atoms with Gasteiger partial charge in [-0.25, -0.2) is 0 Å². The number of rotatable bonds is 7. The smallest absolute Gasteiger partial charge is 0.273 e. The summed E-state index contributed by atoms with van der Waals surface area (Å²) < 4.78 is 11.1. The molecule has 0 radical (unpaired) electrons. The van der Waals surface area contributed by atoms with Crippen LogP contribution in [0.25, 0.3) is 0 Å². The number of non-ortho nitro benzene ring substituents is 1. The van der Waals surface area contributed by atoms with Gasteiger partial charge in [0.15, 0.2) is 0 Å². The molecule has 1 aromatic rings. The van der Waals surface area contributed by atoms with Gasteiger partial charge in [0.25, 0.3) is 5.69 Å². The van der Waals surface area contributed by atoms with E-state index in [4.69, 9.17) is 21.1 Å². The highest BCUT2D eigenvalue weighted by Crippen LogP contribution is 2.29. The van der Waals surface area contributed by atoms with E-state index in [2.05, 4.69) is 15.9 Å². The molecule has 7 heteroatoms. The molecule has 0 amide bonds. The quantitative estimate of drug-likeness (QED) is 0.335. The molecular weight excluding hydrogens is 313 g/mol. The zero-order valence-electron chi connectivity index (χ0n) is 8.90. The summed E-state index contributed by atoms with van der Waals surface area (Å²) in [6.07, 6.45) is 0. The summed E-state index contributed by atoms with van der Waals surface area (Å²) >= 11 is 8.68. The summed E-state index contributed by atoms with van der Waals surface area (Å²) in [5, 5.41) is 10.6. The van der Waals surface area contributed by atoms with E-state index in [0.717, 1.165) is 0 Å². The van der Waals surface area contributed by atoms with Crippen LogP contribution in [-0.4, -0.2) is 30.6 Å². The summed E-state index contributed by atoms with van der Waals surface area (Å²) in [7, 11) is 0. The Labute approximate surface area is 112 Å². The molecule has 0 saturated heterocycles. The Morgan fingerprint density at radius 3 is 2.76 bits per heavy atom. The predicted molar refractivity (Wildman–Crippen MR) is 67.8 cm³/mol. The van der Waals surface area contributed by atoms with Crippen LogP contribution in [0.15, 0.2) is 22.7 Å². The minimum atomic E-state index is -0.469. The van der Waals surface area contributed by atoms with Crippen molar-refractivity contribution in [2.24, 2.45) is 0 Å². The fourth-order valence-corrected chi connectivity index (χ4v) is 1.55. The molecule has 0 aliphatic carbocycles. The number of nitro groups is 1. The van der Waals surface area contributed by atoms with E-state index in [1.165, 1.54) is 12.1 Å². The molecule has 0 unspecified atom stereocenters. The average Bonchev–Trinajstić information content (AvgIpc) is 2.30. The highest BCUT2D eigenvalue weighted by Gasteiger charge is 2.10. The highest BCUT2D eigenvalue weighted by atomic mass is 79.9. The van der Waals surface area contributed by atoms with Crippen LogP contribution in [0.5, 0.6) is 5.75 Å². The van der Waals surface area contributed by atoms with Gasteiger partial charge < -0.3 is 9.47 Å². The van der Waals surface area contributed by atoms with Crippen LogP contribution < -0.4 is 4.74 Å². The molecule has 0 atom stereocenters. The van der Waals surface area contributed by atoms with E-state index in [1.807, 2.05) is 0 Å². The monoisotopic (exact) mass is 323 g/mol. The van der Waals surface area contributed by atoms with Crippen LogP contribution in [0.4, 0.5) is 5.69 Å². The third kappa shape index (κ3) is 4.89. The van der Waals surface area contributed by atoms with Crippen LogP contribution >= 0.6 is 27.5 Å². The first kappa shape index (κ1) is 14.2. The van der Waals surface area contributed by atoms with Gasteiger partial charge in [-0.15, -0.1) is 11.6 Å². The van der Waals surface area contributed by atoms with Gasteiger partial charge in [0, 0.05) is 11.9 Å². The summed E-state index contributed by atoms with van der Waals surface area (Å²) in [4.78, 5) is 10.1. The summed E-state index contributed by atoms with van der Waals surface area (Å²) in [6.45, 7) is 1.17. The number of hydrogen-bond acceptors (Lipinski definition) is 4. The molecule has 0 heterocycles. The molecule has 17 heavy (non-hydrogen) atoms. The van der Waals surface area contributed by atoms with Crippen molar-refractivity contribution in [3.8, 4) is 5.75 Å². The maximum atomic E-state index is 10.6. The van der Waals surface area contributed by atoms with Crippen LogP contribution in [0, 0.1) is 10.1 Å². The first-order valence-electron chi connectivity index (χ1n) is 4.85. The molecule has 0 fully saturated rings. The number of nitro benzene ring substituents is 1. The minimum Gasteiger partial charge on any atom is -0.490 e. The Balaban J connectivity index is 2.51. The largest absolute Gasteiger partial charge is 0.490 e. The van der Waals surface area contributed by atoms with Gasteiger partial charge in [0.1, 0.15) is 12.4 Å². The summed E-state index contributed by atoms with van der Waals surface area (Å²) in [5.41, 5.74) is -0.00937. The molecule has 94 valence electrons. The number of ether oxygens (including phenoxy) is 2. The van der Waals surface area contributed by atoms with Gasteiger partial charge in [0.2, 0.25) is 0 Å². The second-order valence-electron chi connectivity index (χ2n) is 3.02. The number of nitrogens with zero attached hydrogens (tertiary/aromatic N) is 1. The molecule has 0 N–H and O–H groups in total. The van der Waals surface area contributed by atoms with Gasteiger partial charge in [-0.3, -0.25) is 10.1 Å². The molecule has 1 aromatic carbocycles. The van der Waals surface area contributed by atoms with Crippen molar-refractivity contribution in [2.45, 2.75) is 0 Å². The first-order valence-corrected chi connectivity index (χ1v) is 6.18. The van der Waals surface area contributed by atoms with Crippen molar-refractivity contribution in [3.05, 3.63) is 32.8 Å². The van der Waals surface area contributed by atoms with Gasteiger partial charge >= 0.3 is 0 Å². The average molecular weight is 325 g/mol. The number of benzene rings is 1. The van der Waals surface area contributed by atoms with Crippen LogP contribution in [0.1, 0.15) is 0 Å². The molecule has 1 rings (SSSR count). The maximum absolute atomic E-state index is 10.6. The van der Waals surface area contributed by atoms with Gasteiger partial charge in [-0.1, -0.05) is 0 Å². The first-order chi connectivity index (χ1) is 8.15. The molecular formula is C10H11BrClNO4. The lowest BCUT2D eigenvalue weighted by atomic mass is 10.3. The number of alkyl halides is 1. The summed E-state index contributed by atoms with van der Waals surface area (Å²) in [5.74, 6) is 0.856. The molecule has 0 spiro atoms. The van der Waals surface area contributed by atoms with Crippen LogP contribution in [0.2, 0.25) is 0 Å². The lowest BCUT2D eigenvalue weighted by Gasteiger charge is -2.08. The molecule has 0 bridgehead atoms. The summed E-state index contributed by atoms with van der Waals surface area (Å²) in [6, 6.07) is 4.35. The fourth-order valence-electron chi connectivity index (χ4n) is 1.08. The second-order valence-corrected chi connectivity index (χ2v) is 4.25. The topological polar surface area (TPSA) is 61.6 Å². The lowest BCUT2D eigenvalue weighted by Crippen LogP contribution is -2.08. The van der Waals surface area contributed by atoms with E-state index in [0.29, 0.717) is 35.9 Å². The van der Waals surface area contributed by atoms with Crippen molar-refractivity contribution in [1.82, 2.24) is 0 Å². The van der Waals surface area contributed by atoms with Gasteiger partial charge in [-0.05, 0) is 22.0 Å². The van der Waals surface area contributed by atoms with Crippen LogP contribution in [-0.2, 0) is 4.74 Å². The Bertz CT molecular complexity index is 389.